The Morgan fingerprint density at radius 3 is 2.59 bits per heavy atom. The molecule has 5 rings (SSSR count). The number of benzene rings is 2. The lowest BCUT2D eigenvalue weighted by atomic mass is 9.87. The van der Waals surface area contributed by atoms with Crippen LogP contribution in [0.15, 0.2) is 71.3 Å². The third kappa shape index (κ3) is 5.46. The molecule has 0 spiro atoms. The summed E-state index contributed by atoms with van der Waals surface area (Å²) in [6.07, 6.45) is 1.53. The number of nitrogens with zero attached hydrogens (tertiary/aromatic N) is 3. The molecule has 7 nitrogen and oxygen atoms in total. The van der Waals surface area contributed by atoms with Crippen molar-refractivity contribution in [3.05, 3.63) is 100 Å². The minimum absolute atomic E-state index is 0.0469. The number of aromatic nitrogens is 2. The van der Waals surface area contributed by atoms with Crippen LogP contribution >= 0.6 is 23.4 Å². The van der Waals surface area contributed by atoms with Gasteiger partial charge >= 0.3 is 0 Å². The monoisotopic (exact) mass is 566 g/mol. The van der Waals surface area contributed by atoms with Crippen molar-refractivity contribution in [3.63, 3.8) is 0 Å². The molecule has 0 radical (unpaired) electrons. The van der Waals surface area contributed by atoms with Gasteiger partial charge < -0.3 is 9.73 Å². The number of hydrogen-bond acceptors (Lipinski definition) is 5. The van der Waals surface area contributed by atoms with Gasteiger partial charge in [0.2, 0.25) is 11.8 Å². The second-order valence-corrected chi connectivity index (χ2v) is 11.7. The second kappa shape index (κ2) is 10.9. The Morgan fingerprint density at radius 1 is 1.15 bits per heavy atom. The Balaban J connectivity index is 1.70. The van der Waals surface area contributed by atoms with Gasteiger partial charge in [-0.2, -0.15) is 5.10 Å². The predicted octanol–water partition coefficient (Wildman–Crippen LogP) is 6.04. The zero-order valence-electron chi connectivity index (χ0n) is 21.8. The summed E-state index contributed by atoms with van der Waals surface area (Å²) in [5, 5.41) is 7.68. The number of carbonyl (C=O) groups is 2. The number of nitrogens with one attached hydrogen (secondary N) is 1. The Labute approximate surface area is 235 Å². The highest BCUT2D eigenvalue weighted by Gasteiger charge is 2.40. The number of amides is 2. The predicted molar refractivity (Wildman–Crippen MR) is 151 cm³/mol. The molecule has 0 saturated heterocycles. The summed E-state index contributed by atoms with van der Waals surface area (Å²) in [5.74, 6) is 0.0159. The van der Waals surface area contributed by atoms with Crippen molar-refractivity contribution in [1.82, 2.24) is 15.1 Å². The molecule has 3 heterocycles. The van der Waals surface area contributed by atoms with Crippen LogP contribution < -0.4 is 10.2 Å². The van der Waals surface area contributed by atoms with Crippen molar-refractivity contribution in [2.45, 2.75) is 38.0 Å². The highest BCUT2D eigenvalue weighted by molar-refractivity contribution is 8.00. The number of rotatable bonds is 6. The van der Waals surface area contributed by atoms with E-state index in [1.54, 1.807) is 47.1 Å². The van der Waals surface area contributed by atoms with Gasteiger partial charge in [-0.1, -0.05) is 62.7 Å². The smallest absolute Gasteiger partial charge is 0.240 e. The van der Waals surface area contributed by atoms with Crippen LogP contribution in [0.2, 0.25) is 5.02 Å². The van der Waals surface area contributed by atoms with E-state index >= 15 is 4.39 Å². The first kappa shape index (κ1) is 27.0. The summed E-state index contributed by atoms with van der Waals surface area (Å²) >= 11 is 7.94. The molecule has 0 aliphatic carbocycles. The fraction of sp³-hybridized carbons (Fsp3) is 0.276. The molecular formula is C29H28ClFN4O3S. The molecule has 2 amide bonds. The Kier molecular flexibility index (Phi) is 7.55. The van der Waals surface area contributed by atoms with Gasteiger partial charge in [-0.25, -0.2) is 9.07 Å². The molecule has 0 saturated carbocycles. The SMILES string of the molecule is CC(C)(C)c1nn(-c2ccccc2Cl)c2c1C(c1ccccc1F)SCC(=O)N2CC(=O)NCc1ccco1. The third-order valence-electron chi connectivity index (χ3n) is 6.41. The molecule has 2 aromatic carbocycles. The van der Waals surface area contributed by atoms with Gasteiger partial charge in [0.1, 0.15) is 23.9 Å². The molecule has 0 bridgehead atoms. The molecule has 0 fully saturated rings. The number of carbonyl (C=O) groups excluding carboxylic acids is 2. The highest BCUT2D eigenvalue weighted by atomic mass is 35.5. The lowest BCUT2D eigenvalue weighted by Gasteiger charge is -2.24. The van der Waals surface area contributed by atoms with Crippen LogP contribution in [0.5, 0.6) is 0 Å². The van der Waals surface area contributed by atoms with Crippen LogP contribution in [-0.2, 0) is 21.5 Å². The van der Waals surface area contributed by atoms with E-state index < -0.39 is 10.7 Å². The van der Waals surface area contributed by atoms with Crippen LogP contribution in [0.25, 0.3) is 5.69 Å². The topological polar surface area (TPSA) is 80.4 Å². The van der Waals surface area contributed by atoms with Gasteiger partial charge in [0, 0.05) is 16.5 Å². The fourth-order valence-corrected chi connectivity index (χ4v) is 6.03. The molecule has 2 aromatic heterocycles. The van der Waals surface area contributed by atoms with Gasteiger partial charge in [-0.3, -0.25) is 14.5 Å². The number of furan rings is 1. The number of thioether (sulfide) groups is 1. The van der Waals surface area contributed by atoms with Crippen molar-refractivity contribution in [2.24, 2.45) is 0 Å². The minimum Gasteiger partial charge on any atom is -0.467 e. The Hall–Kier alpha value is -3.56. The number of hydrogen-bond donors (Lipinski definition) is 1. The van der Waals surface area contributed by atoms with E-state index in [2.05, 4.69) is 5.32 Å². The van der Waals surface area contributed by atoms with Gasteiger partial charge in [0.15, 0.2) is 0 Å². The van der Waals surface area contributed by atoms with Crippen LogP contribution in [0.3, 0.4) is 0 Å². The lowest BCUT2D eigenvalue weighted by molar-refractivity contribution is -0.123. The van der Waals surface area contributed by atoms with Crippen molar-refractivity contribution < 1.29 is 18.4 Å². The third-order valence-corrected chi connectivity index (χ3v) is 7.97. The van der Waals surface area contributed by atoms with Gasteiger partial charge in [-0.05, 0) is 30.3 Å². The summed E-state index contributed by atoms with van der Waals surface area (Å²) in [6.45, 7) is 5.98. The number of fused-ring (bicyclic) bond motifs is 1. The first-order valence-corrected chi connectivity index (χ1v) is 13.9. The molecule has 1 aliphatic heterocycles. The fourth-order valence-electron chi connectivity index (χ4n) is 4.60. The second-order valence-electron chi connectivity index (χ2n) is 10.2. The summed E-state index contributed by atoms with van der Waals surface area (Å²) in [4.78, 5) is 28.2. The molecule has 39 heavy (non-hydrogen) atoms. The summed E-state index contributed by atoms with van der Waals surface area (Å²) in [7, 11) is 0. The zero-order chi connectivity index (χ0) is 27.7. The first-order chi connectivity index (χ1) is 18.6. The Morgan fingerprint density at radius 2 is 1.90 bits per heavy atom. The lowest BCUT2D eigenvalue weighted by Crippen LogP contribution is -2.42. The van der Waals surface area contributed by atoms with E-state index in [0.717, 1.165) is 0 Å². The number of para-hydroxylation sites is 1. The van der Waals surface area contributed by atoms with E-state index in [9.17, 15) is 9.59 Å². The molecule has 4 aromatic rings. The highest BCUT2D eigenvalue weighted by Crippen LogP contribution is 2.49. The van der Waals surface area contributed by atoms with Crippen LogP contribution in [0.1, 0.15) is 48.6 Å². The number of halogens is 2. The molecule has 1 aliphatic rings. The average Bonchev–Trinajstić information content (AvgIpc) is 3.53. The summed E-state index contributed by atoms with van der Waals surface area (Å²) < 4.78 is 22.2. The van der Waals surface area contributed by atoms with E-state index in [1.165, 1.54) is 29.0 Å². The van der Waals surface area contributed by atoms with Crippen molar-refractivity contribution in [2.75, 3.05) is 17.2 Å². The zero-order valence-corrected chi connectivity index (χ0v) is 23.4. The first-order valence-electron chi connectivity index (χ1n) is 12.5. The molecule has 1 N–H and O–H groups in total. The molecule has 1 unspecified atom stereocenters. The maximum Gasteiger partial charge on any atom is 0.240 e. The van der Waals surface area contributed by atoms with Gasteiger partial charge in [0.25, 0.3) is 0 Å². The van der Waals surface area contributed by atoms with E-state index in [0.29, 0.717) is 39.1 Å². The van der Waals surface area contributed by atoms with Crippen molar-refractivity contribution >= 4 is 41.0 Å². The quantitative estimate of drug-likeness (QED) is 0.308. The maximum atomic E-state index is 15.2. The Bertz CT molecular complexity index is 1510. The van der Waals surface area contributed by atoms with E-state index in [4.69, 9.17) is 21.1 Å². The summed E-state index contributed by atoms with van der Waals surface area (Å²) in [6, 6.07) is 17.2. The standard InChI is InChI=1S/C29H28ClFN4O3S/c1-29(2,3)27-25-26(19-10-4-6-12-21(19)31)39-17-24(37)34(16-23(36)32-15-18-9-8-14-38-18)28(25)35(33-27)22-13-7-5-11-20(22)30/h4-14,26H,15-17H2,1-3H3,(H,32,36). The molecule has 10 heteroatoms. The van der Waals surface area contributed by atoms with Gasteiger partial charge in [-0.15, -0.1) is 11.8 Å². The van der Waals surface area contributed by atoms with Crippen LogP contribution in [0, 0.1) is 5.82 Å². The van der Waals surface area contributed by atoms with E-state index in [1.807, 2.05) is 32.9 Å². The van der Waals surface area contributed by atoms with Gasteiger partial charge in [0.05, 0.1) is 40.2 Å². The summed E-state index contributed by atoms with van der Waals surface area (Å²) in [5.41, 5.74) is 1.90. The number of anilines is 1. The van der Waals surface area contributed by atoms with Crippen LogP contribution in [-0.4, -0.2) is 33.9 Å². The molecule has 1 atom stereocenters. The minimum atomic E-state index is -0.535. The normalized spacial score (nSPS) is 15.7. The molecule has 202 valence electrons. The molecular weight excluding hydrogens is 539 g/mol. The van der Waals surface area contributed by atoms with Crippen molar-refractivity contribution in [3.8, 4) is 5.69 Å². The van der Waals surface area contributed by atoms with E-state index in [-0.39, 0.29) is 36.5 Å². The van der Waals surface area contributed by atoms with Crippen molar-refractivity contribution in [1.29, 1.82) is 0 Å². The average molecular weight is 567 g/mol. The largest absolute Gasteiger partial charge is 0.467 e. The maximum absolute atomic E-state index is 15.2. The van der Waals surface area contributed by atoms with Crippen LogP contribution in [0.4, 0.5) is 10.2 Å².